The van der Waals surface area contributed by atoms with Gasteiger partial charge in [-0.25, -0.2) is 4.90 Å². The third-order valence-corrected chi connectivity index (χ3v) is 1.46. The Morgan fingerprint density at radius 3 is 2.64 bits per heavy atom. The van der Waals surface area contributed by atoms with Crippen molar-refractivity contribution in [3.8, 4) is 6.19 Å². The van der Waals surface area contributed by atoms with Gasteiger partial charge in [0.2, 0.25) is 0 Å². The van der Waals surface area contributed by atoms with E-state index in [4.69, 9.17) is 5.26 Å². The van der Waals surface area contributed by atoms with Gasteiger partial charge in [0.15, 0.2) is 6.19 Å². The Bertz CT molecular complexity index is 218. The van der Waals surface area contributed by atoms with E-state index in [0.29, 0.717) is 6.67 Å². The molecule has 0 aromatic carbocycles. The van der Waals surface area contributed by atoms with Crippen LogP contribution in [-0.2, 0) is 0 Å². The van der Waals surface area contributed by atoms with E-state index in [1.165, 1.54) is 0 Å². The molecule has 0 saturated carbocycles. The summed E-state index contributed by atoms with van der Waals surface area (Å²) in [5.41, 5.74) is 2.71. The van der Waals surface area contributed by atoms with Gasteiger partial charge >= 0.3 is 0 Å². The predicted octanol–water partition coefficient (Wildman–Crippen LogP) is 0.690. The van der Waals surface area contributed by atoms with Crippen LogP contribution in [0.5, 0.6) is 0 Å². The van der Waals surface area contributed by atoms with Gasteiger partial charge in [0.05, 0.1) is 0 Å². The second-order valence-electron chi connectivity index (χ2n) is 3.53. The summed E-state index contributed by atoms with van der Waals surface area (Å²) in [6, 6.07) is 0. The van der Waals surface area contributed by atoms with E-state index in [9.17, 15) is 0 Å². The number of nitrogens with one attached hydrogen (secondary N) is 1. The van der Waals surface area contributed by atoms with E-state index in [0.717, 1.165) is 5.84 Å². The average molecular weight is 152 g/mol. The lowest BCUT2D eigenvalue weighted by Gasteiger charge is -2.21. The summed E-state index contributed by atoms with van der Waals surface area (Å²) in [7, 11) is 0. The molecule has 0 aliphatic carbocycles. The van der Waals surface area contributed by atoms with Gasteiger partial charge < -0.3 is 0 Å². The zero-order chi connectivity index (χ0) is 8.48. The molecular weight excluding hydrogens is 140 g/mol. The Balaban J connectivity index is 2.81. The van der Waals surface area contributed by atoms with Crippen LogP contribution in [0.25, 0.3) is 0 Å². The van der Waals surface area contributed by atoms with E-state index in [2.05, 4.69) is 16.7 Å². The van der Waals surface area contributed by atoms with Crippen molar-refractivity contribution in [1.29, 1.82) is 5.26 Å². The summed E-state index contributed by atoms with van der Waals surface area (Å²) < 4.78 is 0. The Kier molecular flexibility index (Phi) is 1.73. The number of amidine groups is 1. The Morgan fingerprint density at radius 2 is 2.27 bits per heavy atom. The Labute approximate surface area is 66.5 Å². The molecule has 1 N–H and O–H groups in total. The quantitative estimate of drug-likeness (QED) is 0.519. The molecule has 1 aliphatic heterocycles. The minimum atomic E-state index is -0.0563. The molecule has 11 heavy (non-hydrogen) atoms. The molecule has 60 valence electrons. The normalized spacial score (nSPS) is 17.3. The van der Waals surface area contributed by atoms with Crippen LogP contribution in [0.2, 0.25) is 0 Å². The minimum absolute atomic E-state index is 0.0563. The highest BCUT2D eigenvalue weighted by atomic mass is 15.5. The first-order valence-electron chi connectivity index (χ1n) is 3.54. The first kappa shape index (κ1) is 7.86. The summed E-state index contributed by atoms with van der Waals surface area (Å²) in [6.45, 7) is 6.60. The van der Waals surface area contributed by atoms with Gasteiger partial charge in [-0.2, -0.15) is 10.4 Å². The molecule has 4 heteroatoms. The lowest BCUT2D eigenvalue weighted by atomic mass is 9.94. The first-order chi connectivity index (χ1) is 5.05. The molecule has 0 unspecified atom stereocenters. The van der Waals surface area contributed by atoms with Gasteiger partial charge in [0.25, 0.3) is 0 Å². The number of nitrogens with zero attached hydrogens (tertiary/aromatic N) is 3. The lowest BCUT2D eigenvalue weighted by molar-refractivity contribution is 0.489. The van der Waals surface area contributed by atoms with E-state index < -0.39 is 0 Å². The van der Waals surface area contributed by atoms with Crippen molar-refractivity contribution in [2.45, 2.75) is 20.8 Å². The standard InChI is InChI=1S/C7H12N4/c1-7(2,3)6-10-9-5-11(6)4-8/h9H,5H2,1-3H3. The maximum Gasteiger partial charge on any atom is 0.187 e. The third-order valence-electron chi connectivity index (χ3n) is 1.46. The number of hydrogen-bond donors (Lipinski definition) is 1. The Morgan fingerprint density at radius 1 is 1.64 bits per heavy atom. The van der Waals surface area contributed by atoms with Gasteiger partial charge in [0, 0.05) is 5.41 Å². The second kappa shape index (κ2) is 2.42. The molecule has 0 aromatic heterocycles. The van der Waals surface area contributed by atoms with Gasteiger partial charge in [-0.05, 0) is 0 Å². The van der Waals surface area contributed by atoms with Gasteiger partial charge in [-0.3, -0.25) is 5.43 Å². The molecule has 0 spiro atoms. The van der Waals surface area contributed by atoms with Crippen LogP contribution < -0.4 is 5.43 Å². The summed E-state index contributed by atoms with van der Waals surface area (Å²) >= 11 is 0. The Hall–Kier alpha value is -1.24. The van der Waals surface area contributed by atoms with Gasteiger partial charge in [-0.15, -0.1) is 0 Å². The topological polar surface area (TPSA) is 51.4 Å². The van der Waals surface area contributed by atoms with Crippen molar-refractivity contribution >= 4 is 5.84 Å². The van der Waals surface area contributed by atoms with E-state index >= 15 is 0 Å². The van der Waals surface area contributed by atoms with Crippen molar-refractivity contribution < 1.29 is 0 Å². The van der Waals surface area contributed by atoms with E-state index in [1.807, 2.05) is 20.8 Å². The summed E-state index contributed by atoms with van der Waals surface area (Å²) in [6.07, 6.45) is 2.06. The second-order valence-corrected chi connectivity index (χ2v) is 3.53. The molecule has 1 rings (SSSR count). The molecule has 0 radical (unpaired) electrons. The predicted molar refractivity (Wildman–Crippen MR) is 42.3 cm³/mol. The fourth-order valence-corrected chi connectivity index (χ4v) is 0.971. The molecule has 1 heterocycles. The number of nitriles is 1. The minimum Gasteiger partial charge on any atom is -0.288 e. The highest BCUT2D eigenvalue weighted by Crippen LogP contribution is 2.19. The monoisotopic (exact) mass is 152 g/mol. The molecule has 0 bridgehead atoms. The maximum absolute atomic E-state index is 8.65. The van der Waals surface area contributed by atoms with E-state index in [1.54, 1.807) is 4.90 Å². The van der Waals surface area contributed by atoms with Crippen LogP contribution in [0.3, 0.4) is 0 Å². The van der Waals surface area contributed by atoms with E-state index in [-0.39, 0.29) is 5.41 Å². The molecule has 0 aromatic rings. The largest absolute Gasteiger partial charge is 0.288 e. The summed E-state index contributed by atoms with van der Waals surface area (Å²) in [4.78, 5) is 1.56. The van der Waals surface area contributed by atoms with Crippen molar-refractivity contribution in [2.75, 3.05) is 6.67 Å². The van der Waals surface area contributed by atoms with Crippen molar-refractivity contribution in [2.24, 2.45) is 10.5 Å². The van der Waals surface area contributed by atoms with Gasteiger partial charge in [0.1, 0.15) is 12.5 Å². The van der Waals surface area contributed by atoms with Crippen molar-refractivity contribution in [3.05, 3.63) is 0 Å². The highest BCUT2D eigenvalue weighted by molar-refractivity contribution is 5.89. The highest BCUT2D eigenvalue weighted by Gasteiger charge is 2.28. The maximum atomic E-state index is 8.65. The van der Waals surface area contributed by atoms with Crippen LogP contribution in [0.15, 0.2) is 5.10 Å². The molecule has 0 atom stereocenters. The molecule has 0 saturated heterocycles. The zero-order valence-corrected chi connectivity index (χ0v) is 7.05. The summed E-state index contributed by atoms with van der Waals surface area (Å²) in [5.74, 6) is 0.806. The van der Waals surface area contributed by atoms with Crippen LogP contribution in [-0.4, -0.2) is 17.4 Å². The summed E-state index contributed by atoms with van der Waals surface area (Å²) in [5, 5.41) is 12.7. The average Bonchev–Trinajstić information content (AvgIpc) is 2.31. The number of rotatable bonds is 0. The van der Waals surface area contributed by atoms with Crippen LogP contribution in [0.4, 0.5) is 0 Å². The van der Waals surface area contributed by atoms with Crippen LogP contribution in [0.1, 0.15) is 20.8 Å². The van der Waals surface area contributed by atoms with Crippen molar-refractivity contribution in [3.63, 3.8) is 0 Å². The molecule has 0 fully saturated rings. The SMILES string of the molecule is CC(C)(C)C1=NNCN1C#N. The lowest BCUT2D eigenvalue weighted by Crippen LogP contribution is -2.33. The molecular formula is C7H12N4. The molecule has 0 amide bonds. The fraction of sp³-hybridized carbons (Fsp3) is 0.714. The smallest absolute Gasteiger partial charge is 0.187 e. The zero-order valence-electron chi connectivity index (χ0n) is 7.05. The van der Waals surface area contributed by atoms with Crippen LogP contribution >= 0.6 is 0 Å². The first-order valence-corrected chi connectivity index (χ1v) is 3.54. The van der Waals surface area contributed by atoms with Crippen LogP contribution in [0, 0.1) is 16.9 Å². The molecule has 1 aliphatic rings. The molecule has 4 nitrogen and oxygen atoms in total. The number of hydrazone groups is 1. The fourth-order valence-electron chi connectivity index (χ4n) is 0.971. The van der Waals surface area contributed by atoms with Gasteiger partial charge in [-0.1, -0.05) is 20.8 Å². The third kappa shape index (κ3) is 1.43. The number of hydrogen-bond acceptors (Lipinski definition) is 4. The van der Waals surface area contributed by atoms with Crippen molar-refractivity contribution in [1.82, 2.24) is 10.3 Å².